The largest absolute Gasteiger partial charge is 0.497 e. The standard InChI is InChI=1S/C24H24N2O4/c1-16-8-9-18(14-17(16)2)25-24(28)21-6-4-5-7-22(21)26-23(27)15-30-20-12-10-19(29-3)11-13-20/h4-14H,15H2,1-3H3,(H,25,28)(H,26,27). The number of aryl methyl sites for hydroxylation is 2. The summed E-state index contributed by atoms with van der Waals surface area (Å²) in [5, 5.41) is 5.62. The van der Waals surface area contributed by atoms with E-state index >= 15 is 0 Å². The Balaban J connectivity index is 1.64. The van der Waals surface area contributed by atoms with E-state index in [1.54, 1.807) is 55.6 Å². The van der Waals surface area contributed by atoms with Gasteiger partial charge in [-0.25, -0.2) is 0 Å². The van der Waals surface area contributed by atoms with Crippen molar-refractivity contribution in [3.8, 4) is 11.5 Å². The van der Waals surface area contributed by atoms with Crippen LogP contribution in [0.15, 0.2) is 66.7 Å². The molecule has 0 heterocycles. The SMILES string of the molecule is COc1ccc(OCC(=O)Nc2ccccc2C(=O)Nc2ccc(C)c(C)c2)cc1. The molecule has 0 fully saturated rings. The number of hydrogen-bond acceptors (Lipinski definition) is 4. The van der Waals surface area contributed by atoms with Gasteiger partial charge in [-0.05, 0) is 73.5 Å². The van der Waals surface area contributed by atoms with Crippen molar-refractivity contribution in [2.45, 2.75) is 13.8 Å². The van der Waals surface area contributed by atoms with E-state index in [4.69, 9.17) is 9.47 Å². The van der Waals surface area contributed by atoms with E-state index in [1.165, 1.54) is 0 Å². The molecular formula is C24H24N2O4. The van der Waals surface area contributed by atoms with Crippen LogP contribution >= 0.6 is 0 Å². The minimum atomic E-state index is -0.364. The Morgan fingerprint density at radius 3 is 2.23 bits per heavy atom. The number of para-hydroxylation sites is 1. The van der Waals surface area contributed by atoms with Crippen LogP contribution in [-0.2, 0) is 4.79 Å². The zero-order chi connectivity index (χ0) is 21.5. The number of rotatable bonds is 7. The molecule has 0 saturated heterocycles. The third kappa shape index (κ3) is 5.38. The van der Waals surface area contributed by atoms with E-state index in [1.807, 2.05) is 32.0 Å². The van der Waals surface area contributed by atoms with E-state index in [0.717, 1.165) is 11.1 Å². The first-order valence-corrected chi connectivity index (χ1v) is 9.50. The molecule has 0 bridgehead atoms. The average Bonchev–Trinajstić information content (AvgIpc) is 2.75. The maximum Gasteiger partial charge on any atom is 0.262 e. The molecule has 0 saturated carbocycles. The highest BCUT2D eigenvalue weighted by Gasteiger charge is 2.14. The zero-order valence-electron chi connectivity index (χ0n) is 17.2. The van der Waals surface area contributed by atoms with Crippen molar-refractivity contribution < 1.29 is 19.1 Å². The molecule has 154 valence electrons. The predicted molar refractivity (Wildman–Crippen MR) is 117 cm³/mol. The number of methoxy groups -OCH3 is 1. The average molecular weight is 404 g/mol. The van der Waals surface area contributed by atoms with E-state index < -0.39 is 0 Å². The summed E-state index contributed by atoms with van der Waals surface area (Å²) in [5.41, 5.74) is 3.73. The third-order valence-corrected chi connectivity index (χ3v) is 4.64. The van der Waals surface area contributed by atoms with Crippen molar-refractivity contribution in [1.29, 1.82) is 0 Å². The van der Waals surface area contributed by atoms with Crippen molar-refractivity contribution in [2.75, 3.05) is 24.4 Å². The molecule has 0 radical (unpaired) electrons. The van der Waals surface area contributed by atoms with E-state index in [-0.39, 0.29) is 18.4 Å². The Morgan fingerprint density at radius 1 is 0.833 bits per heavy atom. The smallest absolute Gasteiger partial charge is 0.262 e. The number of ether oxygens (including phenoxy) is 2. The molecule has 3 rings (SSSR count). The highest BCUT2D eigenvalue weighted by atomic mass is 16.5. The number of carbonyl (C=O) groups excluding carboxylic acids is 2. The second-order valence-electron chi connectivity index (χ2n) is 6.81. The molecule has 3 aromatic rings. The summed E-state index contributed by atoms with van der Waals surface area (Å²) in [7, 11) is 1.58. The van der Waals surface area contributed by atoms with Gasteiger partial charge in [0.2, 0.25) is 0 Å². The van der Waals surface area contributed by atoms with Gasteiger partial charge in [-0.3, -0.25) is 9.59 Å². The normalized spacial score (nSPS) is 10.2. The second kappa shape index (κ2) is 9.60. The van der Waals surface area contributed by atoms with Crippen molar-refractivity contribution in [1.82, 2.24) is 0 Å². The summed E-state index contributed by atoms with van der Waals surface area (Å²) in [6.07, 6.45) is 0. The first-order valence-electron chi connectivity index (χ1n) is 9.50. The molecule has 0 spiro atoms. The second-order valence-corrected chi connectivity index (χ2v) is 6.81. The highest BCUT2D eigenvalue weighted by molar-refractivity contribution is 6.10. The van der Waals surface area contributed by atoms with Crippen LogP contribution in [0.25, 0.3) is 0 Å². The lowest BCUT2D eigenvalue weighted by molar-refractivity contribution is -0.118. The Labute approximate surface area is 175 Å². The molecule has 0 aliphatic carbocycles. The number of amides is 2. The molecule has 0 atom stereocenters. The van der Waals surface area contributed by atoms with Crippen LogP contribution in [0.3, 0.4) is 0 Å². The number of hydrogen-bond donors (Lipinski definition) is 2. The molecular weight excluding hydrogens is 380 g/mol. The first-order chi connectivity index (χ1) is 14.5. The van der Waals surface area contributed by atoms with Crippen LogP contribution in [0.4, 0.5) is 11.4 Å². The maximum atomic E-state index is 12.7. The van der Waals surface area contributed by atoms with Crippen LogP contribution in [0, 0.1) is 13.8 Å². The van der Waals surface area contributed by atoms with Gasteiger partial charge in [0.25, 0.3) is 11.8 Å². The van der Waals surface area contributed by atoms with Gasteiger partial charge in [0, 0.05) is 5.69 Å². The number of benzene rings is 3. The van der Waals surface area contributed by atoms with Crippen LogP contribution in [0.1, 0.15) is 21.5 Å². The molecule has 2 N–H and O–H groups in total. The minimum absolute atomic E-state index is 0.181. The Morgan fingerprint density at radius 2 is 1.53 bits per heavy atom. The number of carbonyl (C=O) groups is 2. The van der Waals surface area contributed by atoms with Gasteiger partial charge in [0.15, 0.2) is 6.61 Å². The van der Waals surface area contributed by atoms with Gasteiger partial charge in [-0.2, -0.15) is 0 Å². The van der Waals surface area contributed by atoms with E-state index in [9.17, 15) is 9.59 Å². The lowest BCUT2D eigenvalue weighted by atomic mass is 10.1. The molecule has 6 heteroatoms. The van der Waals surface area contributed by atoms with E-state index in [2.05, 4.69) is 10.6 Å². The van der Waals surface area contributed by atoms with Gasteiger partial charge in [-0.15, -0.1) is 0 Å². The molecule has 0 aliphatic heterocycles. The summed E-state index contributed by atoms with van der Waals surface area (Å²) >= 11 is 0. The fraction of sp³-hybridized carbons (Fsp3) is 0.167. The highest BCUT2D eigenvalue weighted by Crippen LogP contribution is 2.20. The van der Waals surface area contributed by atoms with Crippen LogP contribution in [0.5, 0.6) is 11.5 Å². The lowest BCUT2D eigenvalue weighted by Gasteiger charge is -2.13. The van der Waals surface area contributed by atoms with Gasteiger partial charge in [0.1, 0.15) is 11.5 Å². The molecule has 30 heavy (non-hydrogen) atoms. The van der Waals surface area contributed by atoms with Gasteiger partial charge >= 0.3 is 0 Å². The van der Waals surface area contributed by atoms with Crippen LogP contribution < -0.4 is 20.1 Å². The Bertz CT molecular complexity index is 1050. The fourth-order valence-corrected chi connectivity index (χ4v) is 2.81. The topological polar surface area (TPSA) is 76.7 Å². The van der Waals surface area contributed by atoms with Crippen molar-refractivity contribution in [2.24, 2.45) is 0 Å². The van der Waals surface area contributed by atoms with Gasteiger partial charge in [0.05, 0.1) is 18.4 Å². The third-order valence-electron chi connectivity index (χ3n) is 4.64. The molecule has 0 unspecified atom stereocenters. The Kier molecular flexibility index (Phi) is 6.70. The van der Waals surface area contributed by atoms with Crippen LogP contribution in [-0.4, -0.2) is 25.5 Å². The number of nitrogens with one attached hydrogen (secondary N) is 2. The summed E-state index contributed by atoms with van der Waals surface area (Å²) in [6.45, 7) is 3.82. The zero-order valence-corrected chi connectivity index (χ0v) is 17.2. The monoisotopic (exact) mass is 404 g/mol. The van der Waals surface area contributed by atoms with Crippen molar-refractivity contribution in [3.63, 3.8) is 0 Å². The van der Waals surface area contributed by atoms with E-state index in [0.29, 0.717) is 28.4 Å². The van der Waals surface area contributed by atoms with Crippen molar-refractivity contribution in [3.05, 3.63) is 83.4 Å². The van der Waals surface area contributed by atoms with Gasteiger partial charge in [-0.1, -0.05) is 18.2 Å². The summed E-state index contributed by atoms with van der Waals surface area (Å²) < 4.78 is 10.6. The summed E-state index contributed by atoms with van der Waals surface area (Å²) in [4.78, 5) is 25.1. The van der Waals surface area contributed by atoms with Gasteiger partial charge < -0.3 is 20.1 Å². The quantitative estimate of drug-likeness (QED) is 0.604. The summed E-state index contributed by atoms with van der Waals surface area (Å²) in [5.74, 6) is 0.588. The number of anilines is 2. The molecule has 6 nitrogen and oxygen atoms in total. The minimum Gasteiger partial charge on any atom is -0.497 e. The molecule has 0 aromatic heterocycles. The fourth-order valence-electron chi connectivity index (χ4n) is 2.81. The predicted octanol–water partition coefficient (Wildman–Crippen LogP) is 4.58. The molecule has 3 aromatic carbocycles. The van der Waals surface area contributed by atoms with Crippen LogP contribution in [0.2, 0.25) is 0 Å². The summed E-state index contributed by atoms with van der Waals surface area (Å²) in [6, 6.07) is 19.5. The maximum absolute atomic E-state index is 12.7. The van der Waals surface area contributed by atoms with Crippen molar-refractivity contribution >= 4 is 23.2 Å². The lowest BCUT2D eigenvalue weighted by Crippen LogP contribution is -2.22. The molecule has 2 amide bonds. The first kappa shape index (κ1) is 20.9. The molecule has 0 aliphatic rings. The Hall–Kier alpha value is -3.80.